The fourth-order valence-corrected chi connectivity index (χ4v) is 2.04. The number of benzene rings is 1. The van der Waals surface area contributed by atoms with Crippen molar-refractivity contribution in [2.24, 2.45) is 0 Å². The van der Waals surface area contributed by atoms with Crippen LogP contribution in [0, 0.1) is 0 Å². The number of hydrogen-bond donors (Lipinski definition) is 0. The first-order valence-corrected chi connectivity index (χ1v) is 6.47. The van der Waals surface area contributed by atoms with E-state index in [4.69, 9.17) is 21.1 Å². The first-order chi connectivity index (χ1) is 9.74. The molecular formula is C15H14ClNO3. The average Bonchev–Trinajstić information content (AvgIpc) is 2.49. The molecule has 0 aliphatic heterocycles. The molecule has 0 aliphatic carbocycles. The van der Waals surface area contributed by atoms with Crippen LogP contribution in [-0.2, 0) is 6.42 Å². The molecule has 104 valence electrons. The number of halogens is 1. The van der Waals surface area contributed by atoms with Crippen LogP contribution in [-0.4, -0.2) is 25.0 Å². The highest BCUT2D eigenvalue weighted by atomic mass is 35.5. The molecule has 4 nitrogen and oxygen atoms in total. The minimum atomic E-state index is 0.359. The molecule has 20 heavy (non-hydrogen) atoms. The summed E-state index contributed by atoms with van der Waals surface area (Å²) < 4.78 is 10.9. The quantitative estimate of drug-likeness (QED) is 0.767. The predicted octanol–water partition coefficient (Wildman–Crippen LogP) is 3.18. The zero-order valence-electron chi connectivity index (χ0n) is 11.0. The molecule has 0 radical (unpaired) electrons. The Hall–Kier alpha value is -2.07. The van der Waals surface area contributed by atoms with Gasteiger partial charge in [0.1, 0.15) is 6.29 Å². The maximum atomic E-state index is 10.8. The van der Waals surface area contributed by atoms with Gasteiger partial charge in [0.15, 0.2) is 11.5 Å². The Morgan fingerprint density at radius 2 is 2.25 bits per heavy atom. The molecule has 0 aliphatic rings. The van der Waals surface area contributed by atoms with Gasteiger partial charge in [0.2, 0.25) is 0 Å². The zero-order chi connectivity index (χ0) is 14.4. The van der Waals surface area contributed by atoms with E-state index in [1.54, 1.807) is 24.5 Å². The first kappa shape index (κ1) is 14.3. The third-order valence-corrected chi connectivity index (χ3v) is 3.03. The lowest BCUT2D eigenvalue weighted by atomic mass is 10.2. The highest BCUT2D eigenvalue weighted by Gasteiger charge is 2.11. The van der Waals surface area contributed by atoms with Gasteiger partial charge in [-0.25, -0.2) is 0 Å². The number of rotatable bonds is 6. The molecule has 0 saturated carbocycles. The lowest BCUT2D eigenvalue weighted by Crippen LogP contribution is -2.04. The Kier molecular flexibility index (Phi) is 4.96. The molecule has 1 aromatic carbocycles. The number of hydrogen-bond acceptors (Lipinski definition) is 4. The molecule has 2 aromatic rings. The summed E-state index contributed by atoms with van der Waals surface area (Å²) in [6.07, 6.45) is 4.94. The largest absolute Gasteiger partial charge is 0.493 e. The van der Waals surface area contributed by atoms with Gasteiger partial charge in [-0.05, 0) is 23.8 Å². The number of ether oxygens (including phenoxy) is 2. The summed E-state index contributed by atoms with van der Waals surface area (Å²) in [5, 5.41) is 0.359. The summed E-state index contributed by atoms with van der Waals surface area (Å²) in [6, 6.07) is 7.00. The number of methoxy groups -OCH3 is 1. The van der Waals surface area contributed by atoms with Crippen LogP contribution in [0.5, 0.6) is 11.5 Å². The Balaban J connectivity index is 2.07. The zero-order valence-corrected chi connectivity index (χ0v) is 11.8. The summed E-state index contributed by atoms with van der Waals surface area (Å²) in [5.41, 5.74) is 1.53. The maximum Gasteiger partial charge on any atom is 0.179 e. The number of carbonyl (C=O) groups is 1. The van der Waals surface area contributed by atoms with Crippen LogP contribution in [0.2, 0.25) is 5.02 Å². The molecule has 0 unspecified atom stereocenters. The van der Waals surface area contributed by atoms with Crippen molar-refractivity contribution in [1.82, 2.24) is 4.98 Å². The Morgan fingerprint density at radius 1 is 1.40 bits per heavy atom. The van der Waals surface area contributed by atoms with Crippen LogP contribution >= 0.6 is 11.6 Å². The Labute approximate surface area is 122 Å². The average molecular weight is 292 g/mol. The van der Waals surface area contributed by atoms with Crippen molar-refractivity contribution in [1.29, 1.82) is 0 Å². The monoisotopic (exact) mass is 291 g/mol. The summed E-state index contributed by atoms with van der Waals surface area (Å²) in [7, 11) is 1.51. The molecule has 0 fully saturated rings. The molecule has 0 bridgehead atoms. The summed E-state index contributed by atoms with van der Waals surface area (Å²) in [6.45, 7) is 0.447. The van der Waals surface area contributed by atoms with E-state index in [-0.39, 0.29) is 0 Å². The molecule has 1 heterocycles. The van der Waals surface area contributed by atoms with E-state index in [9.17, 15) is 4.79 Å². The van der Waals surface area contributed by atoms with Crippen LogP contribution in [0.1, 0.15) is 15.9 Å². The van der Waals surface area contributed by atoms with Crippen molar-refractivity contribution in [2.75, 3.05) is 13.7 Å². The second-order valence-electron chi connectivity index (χ2n) is 4.11. The first-order valence-electron chi connectivity index (χ1n) is 6.09. The van der Waals surface area contributed by atoms with Crippen molar-refractivity contribution in [2.45, 2.75) is 6.42 Å². The summed E-state index contributed by atoms with van der Waals surface area (Å²) in [4.78, 5) is 14.8. The van der Waals surface area contributed by atoms with Gasteiger partial charge in [0, 0.05) is 24.4 Å². The minimum absolute atomic E-state index is 0.359. The van der Waals surface area contributed by atoms with Crippen LogP contribution < -0.4 is 9.47 Å². The third-order valence-electron chi connectivity index (χ3n) is 2.75. The highest BCUT2D eigenvalue weighted by Crippen LogP contribution is 2.36. The van der Waals surface area contributed by atoms with Crippen molar-refractivity contribution in [3.05, 3.63) is 52.8 Å². The van der Waals surface area contributed by atoms with E-state index in [1.807, 2.05) is 12.1 Å². The maximum absolute atomic E-state index is 10.8. The third kappa shape index (κ3) is 3.48. The molecule has 1 aromatic heterocycles. The van der Waals surface area contributed by atoms with Gasteiger partial charge in [-0.15, -0.1) is 0 Å². The topological polar surface area (TPSA) is 48.4 Å². The predicted molar refractivity (Wildman–Crippen MR) is 76.8 cm³/mol. The standard InChI is InChI=1S/C15H14ClNO3/c1-19-14-8-12(10-18)7-13(16)15(14)20-6-4-11-3-2-5-17-9-11/h2-3,5,7-10H,4,6H2,1H3. The minimum Gasteiger partial charge on any atom is -0.493 e. The van der Waals surface area contributed by atoms with E-state index in [2.05, 4.69) is 4.98 Å². The smallest absolute Gasteiger partial charge is 0.179 e. The van der Waals surface area contributed by atoms with Gasteiger partial charge in [0.25, 0.3) is 0 Å². The van der Waals surface area contributed by atoms with Crippen molar-refractivity contribution < 1.29 is 14.3 Å². The number of pyridine rings is 1. The molecule has 0 atom stereocenters. The molecule has 2 rings (SSSR count). The Bertz CT molecular complexity index is 587. The van der Waals surface area contributed by atoms with E-state index in [0.29, 0.717) is 41.4 Å². The van der Waals surface area contributed by atoms with Gasteiger partial charge in [-0.1, -0.05) is 17.7 Å². The van der Waals surface area contributed by atoms with Crippen LogP contribution in [0.25, 0.3) is 0 Å². The molecule has 0 N–H and O–H groups in total. The number of aromatic nitrogens is 1. The Morgan fingerprint density at radius 3 is 2.90 bits per heavy atom. The van der Waals surface area contributed by atoms with Gasteiger partial charge in [-0.3, -0.25) is 9.78 Å². The lowest BCUT2D eigenvalue weighted by molar-refractivity contribution is 0.112. The fourth-order valence-electron chi connectivity index (χ4n) is 1.76. The van der Waals surface area contributed by atoms with E-state index < -0.39 is 0 Å². The van der Waals surface area contributed by atoms with Gasteiger partial charge < -0.3 is 9.47 Å². The second-order valence-corrected chi connectivity index (χ2v) is 4.52. The van der Waals surface area contributed by atoms with Crippen LogP contribution in [0.3, 0.4) is 0 Å². The lowest BCUT2D eigenvalue weighted by Gasteiger charge is -2.12. The molecule has 0 spiro atoms. The second kappa shape index (κ2) is 6.91. The molecular weight excluding hydrogens is 278 g/mol. The van der Waals surface area contributed by atoms with Crippen LogP contribution in [0.15, 0.2) is 36.7 Å². The van der Waals surface area contributed by atoms with Crippen molar-refractivity contribution in [3.8, 4) is 11.5 Å². The normalized spacial score (nSPS) is 10.1. The molecule has 0 amide bonds. The summed E-state index contributed by atoms with van der Waals surface area (Å²) >= 11 is 6.10. The number of nitrogens with zero attached hydrogens (tertiary/aromatic N) is 1. The summed E-state index contributed by atoms with van der Waals surface area (Å²) in [5.74, 6) is 0.898. The van der Waals surface area contributed by atoms with Gasteiger partial charge >= 0.3 is 0 Å². The van der Waals surface area contributed by atoms with Crippen LogP contribution in [0.4, 0.5) is 0 Å². The van der Waals surface area contributed by atoms with E-state index in [1.165, 1.54) is 7.11 Å². The molecule has 5 heteroatoms. The van der Waals surface area contributed by atoms with Gasteiger partial charge in [-0.2, -0.15) is 0 Å². The van der Waals surface area contributed by atoms with E-state index >= 15 is 0 Å². The number of aldehydes is 1. The SMILES string of the molecule is COc1cc(C=O)cc(Cl)c1OCCc1cccnc1. The molecule has 0 saturated heterocycles. The van der Waals surface area contributed by atoms with Gasteiger partial charge in [0.05, 0.1) is 18.7 Å². The highest BCUT2D eigenvalue weighted by molar-refractivity contribution is 6.32. The van der Waals surface area contributed by atoms with Crippen molar-refractivity contribution >= 4 is 17.9 Å². The fraction of sp³-hybridized carbons (Fsp3) is 0.200. The number of carbonyl (C=O) groups excluding carboxylic acids is 1. The van der Waals surface area contributed by atoms with E-state index in [0.717, 1.165) is 5.56 Å². The van der Waals surface area contributed by atoms with Crippen molar-refractivity contribution in [3.63, 3.8) is 0 Å².